The Morgan fingerprint density at radius 3 is 2.83 bits per heavy atom. The highest BCUT2D eigenvalue weighted by Crippen LogP contribution is 2.33. The lowest BCUT2D eigenvalue weighted by Crippen LogP contribution is -2.34. The summed E-state index contributed by atoms with van der Waals surface area (Å²) in [7, 11) is 0. The van der Waals surface area contributed by atoms with Crippen LogP contribution in [0.25, 0.3) is 17.0 Å². The quantitative estimate of drug-likeness (QED) is 0.276. The predicted octanol–water partition coefficient (Wildman–Crippen LogP) is 6.56. The molecule has 0 atom stereocenters. The van der Waals surface area contributed by atoms with Crippen LogP contribution in [-0.2, 0) is 19.5 Å². The number of carbonyl (C=O) groups is 1. The molecule has 2 aromatic carbocycles. The van der Waals surface area contributed by atoms with E-state index in [9.17, 15) is 13.6 Å². The molecule has 184 valence electrons. The van der Waals surface area contributed by atoms with Gasteiger partial charge in [-0.25, -0.2) is 14.2 Å². The summed E-state index contributed by atoms with van der Waals surface area (Å²) in [5.74, 6) is -1.02. The minimum Gasteiger partial charge on any atom is -0.333 e. The summed E-state index contributed by atoms with van der Waals surface area (Å²) >= 11 is 9.32. The van der Waals surface area contributed by atoms with Crippen molar-refractivity contribution in [3.8, 4) is 0 Å². The van der Waals surface area contributed by atoms with Crippen LogP contribution < -0.4 is 5.32 Å². The zero-order chi connectivity index (χ0) is 25.2. The van der Waals surface area contributed by atoms with Crippen molar-refractivity contribution in [2.45, 2.75) is 19.5 Å². The van der Waals surface area contributed by atoms with Crippen molar-refractivity contribution in [1.29, 1.82) is 0 Å². The van der Waals surface area contributed by atoms with E-state index in [-0.39, 0.29) is 17.6 Å². The standard InChI is InChI=1S/C27H22BrClF2N4O/c28-19-4-6-24-20(14-19)21-16-34(10-1-2-17-3-5-22(29)23(30)12-17)11-8-25(21)35(24)27(36)33-15-18-7-9-32-26(31)13-18/h1-7,9,12-14H,8,10-11,15-16H2,(H,33,36). The van der Waals surface area contributed by atoms with Gasteiger partial charge in [-0.1, -0.05) is 45.7 Å². The van der Waals surface area contributed by atoms with Gasteiger partial charge < -0.3 is 5.32 Å². The topological polar surface area (TPSA) is 50.2 Å². The lowest BCUT2D eigenvalue weighted by molar-refractivity contribution is 0.240. The van der Waals surface area contributed by atoms with Crippen molar-refractivity contribution >= 4 is 50.5 Å². The summed E-state index contributed by atoms with van der Waals surface area (Å²) in [6.45, 7) is 2.33. The highest BCUT2D eigenvalue weighted by atomic mass is 79.9. The first-order valence-electron chi connectivity index (χ1n) is 11.4. The molecule has 1 aliphatic rings. The number of nitrogens with one attached hydrogen (secondary N) is 1. The van der Waals surface area contributed by atoms with E-state index in [2.05, 4.69) is 31.1 Å². The number of hydrogen-bond donors (Lipinski definition) is 1. The van der Waals surface area contributed by atoms with Crippen LogP contribution in [0.3, 0.4) is 0 Å². The van der Waals surface area contributed by atoms with Crippen molar-refractivity contribution in [2.75, 3.05) is 13.1 Å². The molecule has 9 heteroatoms. The molecule has 0 saturated carbocycles. The lowest BCUT2D eigenvalue weighted by atomic mass is 10.0. The van der Waals surface area contributed by atoms with Crippen LogP contribution in [0.2, 0.25) is 5.02 Å². The maximum atomic E-state index is 13.7. The van der Waals surface area contributed by atoms with Gasteiger partial charge in [-0.05, 0) is 59.2 Å². The molecule has 0 radical (unpaired) electrons. The molecule has 2 aromatic heterocycles. The van der Waals surface area contributed by atoms with Gasteiger partial charge in [0, 0.05) is 54.3 Å². The van der Waals surface area contributed by atoms with Gasteiger partial charge in [-0.15, -0.1) is 0 Å². The van der Waals surface area contributed by atoms with Crippen LogP contribution in [-0.4, -0.2) is 33.6 Å². The van der Waals surface area contributed by atoms with Gasteiger partial charge >= 0.3 is 6.03 Å². The molecule has 1 N–H and O–H groups in total. The average molecular weight is 572 g/mol. The Labute approximate surface area is 220 Å². The second kappa shape index (κ2) is 10.5. The highest BCUT2D eigenvalue weighted by Gasteiger charge is 2.26. The Morgan fingerprint density at radius 2 is 2.03 bits per heavy atom. The fourth-order valence-electron chi connectivity index (χ4n) is 4.54. The number of halogens is 4. The Bertz CT molecular complexity index is 1490. The van der Waals surface area contributed by atoms with E-state index in [0.29, 0.717) is 25.1 Å². The molecule has 1 amide bonds. The Morgan fingerprint density at radius 1 is 1.17 bits per heavy atom. The largest absolute Gasteiger partial charge is 0.333 e. The molecule has 1 aliphatic heterocycles. The zero-order valence-electron chi connectivity index (χ0n) is 19.1. The zero-order valence-corrected chi connectivity index (χ0v) is 21.5. The van der Waals surface area contributed by atoms with E-state index in [0.717, 1.165) is 38.7 Å². The number of benzene rings is 2. The first kappa shape index (κ1) is 24.6. The van der Waals surface area contributed by atoms with Crippen LogP contribution in [0.4, 0.5) is 13.6 Å². The van der Waals surface area contributed by atoms with Crippen LogP contribution in [0, 0.1) is 11.8 Å². The molecule has 4 aromatic rings. The van der Waals surface area contributed by atoms with Gasteiger partial charge in [0.25, 0.3) is 0 Å². The van der Waals surface area contributed by atoms with Crippen molar-refractivity contribution in [3.63, 3.8) is 0 Å². The van der Waals surface area contributed by atoms with E-state index in [4.69, 9.17) is 11.6 Å². The first-order chi connectivity index (χ1) is 17.4. The van der Waals surface area contributed by atoms with Gasteiger partial charge in [0.2, 0.25) is 5.95 Å². The molecule has 5 nitrogen and oxygen atoms in total. The third-order valence-corrected chi connectivity index (χ3v) is 7.04. The summed E-state index contributed by atoms with van der Waals surface area (Å²) in [5.41, 5.74) is 4.30. The van der Waals surface area contributed by atoms with E-state index in [1.54, 1.807) is 22.8 Å². The summed E-state index contributed by atoms with van der Waals surface area (Å²) in [5, 5.41) is 4.03. The highest BCUT2D eigenvalue weighted by molar-refractivity contribution is 9.10. The molecular weight excluding hydrogens is 550 g/mol. The van der Waals surface area contributed by atoms with E-state index < -0.39 is 11.8 Å². The molecule has 3 heterocycles. The second-order valence-corrected chi connectivity index (χ2v) is 9.95. The molecule has 0 fully saturated rings. The van der Waals surface area contributed by atoms with Crippen LogP contribution in [0.15, 0.2) is 65.3 Å². The summed E-state index contributed by atoms with van der Waals surface area (Å²) < 4.78 is 29.8. The lowest BCUT2D eigenvalue weighted by Gasteiger charge is -2.27. The number of hydrogen-bond acceptors (Lipinski definition) is 3. The normalized spacial score (nSPS) is 13.9. The smallest absolute Gasteiger partial charge is 0.326 e. The Hall–Kier alpha value is -3.07. The Balaban J connectivity index is 1.36. The molecule has 36 heavy (non-hydrogen) atoms. The number of nitrogens with zero attached hydrogens (tertiary/aromatic N) is 3. The fourth-order valence-corrected chi connectivity index (χ4v) is 5.02. The fraction of sp³-hybridized carbons (Fsp3) is 0.185. The maximum absolute atomic E-state index is 13.7. The predicted molar refractivity (Wildman–Crippen MR) is 141 cm³/mol. The molecule has 0 aliphatic carbocycles. The molecule has 0 unspecified atom stereocenters. The number of aromatic nitrogens is 2. The molecule has 0 saturated heterocycles. The summed E-state index contributed by atoms with van der Waals surface area (Å²) in [6, 6.07) is 13.4. The van der Waals surface area contributed by atoms with Crippen molar-refractivity contribution < 1.29 is 13.6 Å². The van der Waals surface area contributed by atoms with Gasteiger partial charge in [0.15, 0.2) is 0 Å². The minimum absolute atomic E-state index is 0.107. The molecule has 5 rings (SSSR count). The van der Waals surface area contributed by atoms with Gasteiger partial charge in [0.05, 0.1) is 10.5 Å². The van der Waals surface area contributed by atoms with E-state index in [1.807, 2.05) is 30.4 Å². The van der Waals surface area contributed by atoms with Gasteiger partial charge in [-0.3, -0.25) is 9.47 Å². The third kappa shape index (κ3) is 5.21. The molecule has 0 bridgehead atoms. The summed E-state index contributed by atoms with van der Waals surface area (Å²) in [6.07, 6.45) is 5.96. The second-order valence-electron chi connectivity index (χ2n) is 8.63. The number of amides is 1. The SMILES string of the molecule is O=C(NCc1ccnc(F)c1)n1c2c(c3cc(Br)ccc31)CN(CC=Cc1ccc(Cl)c(F)c1)CC2. The van der Waals surface area contributed by atoms with Crippen molar-refractivity contribution in [1.82, 2.24) is 19.8 Å². The van der Waals surface area contributed by atoms with Crippen LogP contribution >= 0.6 is 27.5 Å². The third-order valence-electron chi connectivity index (χ3n) is 6.24. The van der Waals surface area contributed by atoms with E-state index in [1.165, 1.54) is 18.3 Å². The van der Waals surface area contributed by atoms with Crippen molar-refractivity contribution in [3.05, 3.63) is 104 Å². The maximum Gasteiger partial charge on any atom is 0.326 e. The summed E-state index contributed by atoms with van der Waals surface area (Å²) in [4.78, 5) is 19.1. The van der Waals surface area contributed by atoms with Crippen molar-refractivity contribution in [2.24, 2.45) is 0 Å². The molecule has 0 spiro atoms. The number of carbonyl (C=O) groups excluding carboxylic acids is 1. The monoisotopic (exact) mass is 570 g/mol. The number of fused-ring (bicyclic) bond motifs is 3. The Kier molecular flexibility index (Phi) is 7.18. The van der Waals surface area contributed by atoms with Crippen LogP contribution in [0.5, 0.6) is 0 Å². The van der Waals surface area contributed by atoms with Gasteiger partial charge in [-0.2, -0.15) is 4.39 Å². The van der Waals surface area contributed by atoms with Gasteiger partial charge in [0.1, 0.15) is 5.82 Å². The first-order valence-corrected chi connectivity index (χ1v) is 12.6. The number of pyridine rings is 1. The van der Waals surface area contributed by atoms with Crippen LogP contribution in [0.1, 0.15) is 22.4 Å². The average Bonchev–Trinajstić information content (AvgIpc) is 3.18. The van der Waals surface area contributed by atoms with E-state index >= 15 is 0 Å². The minimum atomic E-state index is -0.578. The molecular formula is C27H22BrClF2N4O. The number of rotatable bonds is 5.